The van der Waals surface area contributed by atoms with Gasteiger partial charge in [0, 0.05) is 11.8 Å². The summed E-state index contributed by atoms with van der Waals surface area (Å²) in [7, 11) is 0. The van der Waals surface area contributed by atoms with Gasteiger partial charge in [-0.25, -0.2) is 4.98 Å². The van der Waals surface area contributed by atoms with E-state index in [4.69, 9.17) is 16.0 Å². The number of pyridine rings is 1. The van der Waals surface area contributed by atoms with E-state index in [0.717, 1.165) is 29.3 Å². The lowest BCUT2D eigenvalue weighted by Crippen LogP contribution is -2.11. The molecule has 0 bridgehead atoms. The number of nitrogens with one attached hydrogen (secondary N) is 1. The summed E-state index contributed by atoms with van der Waals surface area (Å²) in [4.78, 5) is 3.75. The number of hydrogen-bond acceptors (Lipinski definition) is 3. The van der Waals surface area contributed by atoms with E-state index in [1.54, 1.807) is 0 Å². The molecule has 0 saturated heterocycles. The summed E-state index contributed by atoms with van der Waals surface area (Å²) in [6, 6.07) is 2.53. The first-order valence-electron chi connectivity index (χ1n) is 6.24. The Balaban J connectivity index is 2.22. The summed E-state index contributed by atoms with van der Waals surface area (Å²) in [5.41, 5.74) is 0.0336. The maximum Gasteiger partial charge on any atom is 0.417 e. The van der Waals surface area contributed by atoms with Crippen molar-refractivity contribution < 1.29 is 17.6 Å². The quantitative estimate of drug-likeness (QED) is 0.851. The van der Waals surface area contributed by atoms with Crippen molar-refractivity contribution in [1.29, 1.82) is 0 Å². The minimum atomic E-state index is -4.46. The summed E-state index contributed by atoms with van der Waals surface area (Å²) >= 11 is 5.86. The highest BCUT2D eigenvalue weighted by molar-refractivity contribution is 6.33. The number of alkyl halides is 3. The highest BCUT2D eigenvalue weighted by Crippen LogP contribution is 2.33. The minimum absolute atomic E-state index is 0.0745. The third kappa shape index (κ3) is 3.50. The van der Waals surface area contributed by atoms with Crippen LogP contribution in [-0.4, -0.2) is 4.98 Å². The Morgan fingerprint density at radius 3 is 2.43 bits per heavy atom. The molecular weight excluding hydrogens is 305 g/mol. The molecule has 2 aromatic rings. The van der Waals surface area contributed by atoms with Gasteiger partial charge in [0.1, 0.15) is 17.3 Å². The first kappa shape index (κ1) is 15.7. The van der Waals surface area contributed by atoms with E-state index in [-0.39, 0.29) is 16.9 Å². The van der Waals surface area contributed by atoms with Gasteiger partial charge in [0.25, 0.3) is 0 Å². The smallest absolute Gasteiger partial charge is 0.417 e. The van der Waals surface area contributed by atoms with E-state index in [0.29, 0.717) is 0 Å². The highest BCUT2D eigenvalue weighted by Gasteiger charge is 2.31. The van der Waals surface area contributed by atoms with Crippen molar-refractivity contribution in [2.24, 2.45) is 0 Å². The van der Waals surface area contributed by atoms with Crippen LogP contribution in [0.5, 0.6) is 0 Å². The van der Waals surface area contributed by atoms with Gasteiger partial charge in [0.2, 0.25) is 0 Å². The van der Waals surface area contributed by atoms with Gasteiger partial charge in [-0.05, 0) is 32.9 Å². The Labute approximate surface area is 125 Å². The second-order valence-corrected chi connectivity index (χ2v) is 5.19. The lowest BCUT2D eigenvalue weighted by molar-refractivity contribution is -0.137. The molecule has 2 heterocycles. The van der Waals surface area contributed by atoms with E-state index in [9.17, 15) is 13.2 Å². The van der Waals surface area contributed by atoms with Gasteiger partial charge < -0.3 is 9.73 Å². The van der Waals surface area contributed by atoms with Crippen molar-refractivity contribution in [1.82, 2.24) is 4.98 Å². The largest absolute Gasteiger partial charge is 0.466 e. The fourth-order valence-corrected chi connectivity index (χ4v) is 2.28. The van der Waals surface area contributed by atoms with Gasteiger partial charge in [-0.15, -0.1) is 0 Å². The first-order valence-corrected chi connectivity index (χ1v) is 6.62. The Hall–Kier alpha value is -1.69. The van der Waals surface area contributed by atoms with E-state index in [1.165, 1.54) is 0 Å². The Kier molecular flexibility index (Phi) is 4.18. The van der Waals surface area contributed by atoms with Gasteiger partial charge in [-0.1, -0.05) is 11.6 Å². The molecule has 21 heavy (non-hydrogen) atoms. The second-order valence-electron chi connectivity index (χ2n) is 4.79. The molecule has 0 amide bonds. The molecule has 0 spiro atoms. The van der Waals surface area contributed by atoms with Crippen LogP contribution in [0.4, 0.5) is 19.0 Å². The van der Waals surface area contributed by atoms with Crippen LogP contribution in [-0.2, 0) is 6.18 Å². The summed E-state index contributed by atoms with van der Waals surface area (Å²) in [5.74, 6) is 1.72. The molecule has 114 valence electrons. The molecule has 0 aliphatic heterocycles. The Morgan fingerprint density at radius 1 is 1.29 bits per heavy atom. The maximum atomic E-state index is 12.6. The van der Waals surface area contributed by atoms with Gasteiger partial charge in [0.05, 0.1) is 16.6 Å². The number of hydrogen-bond donors (Lipinski definition) is 1. The number of halogens is 4. The zero-order valence-corrected chi connectivity index (χ0v) is 12.4. The number of rotatable bonds is 3. The van der Waals surface area contributed by atoms with Crippen molar-refractivity contribution in [3.05, 3.63) is 46.0 Å². The number of aromatic nitrogens is 1. The summed E-state index contributed by atoms with van der Waals surface area (Å²) in [6.45, 7) is 5.50. The molecule has 0 fully saturated rings. The molecule has 1 N–H and O–H groups in total. The van der Waals surface area contributed by atoms with Crippen LogP contribution in [0.25, 0.3) is 0 Å². The molecule has 0 aliphatic rings. The summed E-state index contributed by atoms with van der Waals surface area (Å²) < 4.78 is 43.1. The van der Waals surface area contributed by atoms with Gasteiger partial charge >= 0.3 is 6.18 Å². The Morgan fingerprint density at radius 2 is 1.95 bits per heavy atom. The number of anilines is 1. The molecule has 2 aromatic heterocycles. The SMILES string of the molecule is Cc1cc(C(C)Nc2ncc(C(F)(F)F)cc2Cl)c(C)o1. The van der Waals surface area contributed by atoms with Crippen LogP contribution in [0.2, 0.25) is 5.02 Å². The fourth-order valence-electron chi connectivity index (χ4n) is 2.06. The van der Waals surface area contributed by atoms with Crippen LogP contribution in [0.1, 0.15) is 35.6 Å². The standard InChI is InChI=1S/C14H14ClF3N2O/c1-7-4-11(9(3)21-7)8(2)20-13-12(15)5-10(6-19-13)14(16,17)18/h4-6,8H,1-3H3,(H,19,20). The topological polar surface area (TPSA) is 38.1 Å². The molecule has 2 rings (SSSR count). The van der Waals surface area contributed by atoms with Crippen molar-refractivity contribution in [2.75, 3.05) is 5.32 Å². The average molecular weight is 319 g/mol. The lowest BCUT2D eigenvalue weighted by atomic mass is 10.1. The fraction of sp³-hybridized carbons (Fsp3) is 0.357. The second kappa shape index (κ2) is 5.60. The predicted molar refractivity (Wildman–Crippen MR) is 74.5 cm³/mol. The molecule has 0 radical (unpaired) electrons. The molecule has 1 unspecified atom stereocenters. The predicted octanol–water partition coefficient (Wildman–Crippen LogP) is 5.14. The molecular formula is C14H14ClF3N2O. The number of nitrogens with zero attached hydrogens (tertiary/aromatic N) is 1. The molecule has 7 heteroatoms. The number of aryl methyl sites for hydroxylation is 2. The van der Waals surface area contributed by atoms with Crippen molar-refractivity contribution in [3.8, 4) is 0 Å². The van der Waals surface area contributed by atoms with Crippen molar-refractivity contribution in [2.45, 2.75) is 33.0 Å². The van der Waals surface area contributed by atoms with Crippen LogP contribution in [0, 0.1) is 13.8 Å². The lowest BCUT2D eigenvalue weighted by Gasteiger charge is -2.16. The molecule has 3 nitrogen and oxygen atoms in total. The normalized spacial score (nSPS) is 13.3. The highest BCUT2D eigenvalue weighted by atomic mass is 35.5. The van der Waals surface area contributed by atoms with Crippen LogP contribution >= 0.6 is 11.6 Å². The van der Waals surface area contributed by atoms with Crippen LogP contribution < -0.4 is 5.32 Å². The van der Waals surface area contributed by atoms with Gasteiger partial charge in [-0.2, -0.15) is 13.2 Å². The molecule has 0 saturated carbocycles. The monoisotopic (exact) mass is 318 g/mol. The van der Waals surface area contributed by atoms with Crippen molar-refractivity contribution in [3.63, 3.8) is 0 Å². The summed E-state index contributed by atoms with van der Waals surface area (Å²) in [6.07, 6.45) is -3.70. The zero-order valence-electron chi connectivity index (χ0n) is 11.7. The summed E-state index contributed by atoms with van der Waals surface area (Å²) in [5, 5.41) is 2.91. The third-order valence-electron chi connectivity index (χ3n) is 3.07. The average Bonchev–Trinajstić information content (AvgIpc) is 2.69. The van der Waals surface area contributed by atoms with E-state index in [1.807, 2.05) is 26.8 Å². The van der Waals surface area contributed by atoms with E-state index in [2.05, 4.69) is 10.3 Å². The first-order chi connectivity index (χ1) is 9.68. The van der Waals surface area contributed by atoms with Crippen molar-refractivity contribution >= 4 is 17.4 Å². The van der Waals surface area contributed by atoms with E-state index >= 15 is 0 Å². The maximum absolute atomic E-state index is 12.6. The molecule has 1 atom stereocenters. The third-order valence-corrected chi connectivity index (χ3v) is 3.36. The van der Waals surface area contributed by atoms with Crippen LogP contribution in [0.15, 0.2) is 22.7 Å². The van der Waals surface area contributed by atoms with Crippen LogP contribution in [0.3, 0.4) is 0 Å². The number of furan rings is 1. The van der Waals surface area contributed by atoms with Gasteiger partial charge in [-0.3, -0.25) is 0 Å². The van der Waals surface area contributed by atoms with E-state index < -0.39 is 11.7 Å². The van der Waals surface area contributed by atoms with Gasteiger partial charge in [0.15, 0.2) is 0 Å². The molecule has 0 aliphatic carbocycles. The minimum Gasteiger partial charge on any atom is -0.466 e. The zero-order chi connectivity index (χ0) is 15.8. The molecule has 0 aromatic carbocycles. The Bertz CT molecular complexity index is 652.